The fourth-order valence-corrected chi connectivity index (χ4v) is 2.88. The molecule has 3 nitrogen and oxygen atoms in total. The molecule has 6 heteroatoms. The molecule has 0 aliphatic rings. The fraction of sp³-hybridized carbons (Fsp3) is 0. The van der Waals surface area contributed by atoms with Gasteiger partial charge >= 0.3 is 0 Å². The lowest BCUT2D eigenvalue weighted by molar-refractivity contribution is 0.112. The molecule has 0 amide bonds. The summed E-state index contributed by atoms with van der Waals surface area (Å²) in [5, 5.41) is 0.727. The topological polar surface area (TPSA) is 42.9 Å². The summed E-state index contributed by atoms with van der Waals surface area (Å²) in [7, 11) is 0. The second kappa shape index (κ2) is 5.62. The highest BCUT2D eigenvalue weighted by Gasteiger charge is 2.10. The lowest BCUT2D eigenvalue weighted by atomic mass is 10.4. The van der Waals surface area contributed by atoms with Crippen LogP contribution in [-0.4, -0.2) is 16.3 Å². The van der Waals surface area contributed by atoms with Gasteiger partial charge in [-0.3, -0.25) is 4.79 Å². The van der Waals surface area contributed by atoms with E-state index in [4.69, 9.17) is 11.6 Å². The van der Waals surface area contributed by atoms with Crippen LogP contribution in [0.4, 0.5) is 0 Å². The molecular weight excluding hydrogens is 324 g/mol. The maximum Gasteiger partial charge on any atom is 0.155 e. The monoisotopic (exact) mass is 328 g/mol. The van der Waals surface area contributed by atoms with Crippen molar-refractivity contribution in [3.05, 3.63) is 45.8 Å². The van der Waals surface area contributed by atoms with Gasteiger partial charge in [-0.2, -0.15) is 0 Å². The Labute approximate surface area is 116 Å². The van der Waals surface area contributed by atoms with Gasteiger partial charge in [0.15, 0.2) is 6.29 Å². The molecule has 1 aromatic heterocycles. The van der Waals surface area contributed by atoms with E-state index in [1.807, 2.05) is 24.3 Å². The smallest absolute Gasteiger partial charge is 0.155 e. The number of aldehydes is 1. The number of carbonyl (C=O) groups excluding carboxylic acids is 1. The van der Waals surface area contributed by atoms with Crippen LogP contribution in [0.3, 0.4) is 0 Å². The van der Waals surface area contributed by atoms with Crippen molar-refractivity contribution in [3.63, 3.8) is 0 Å². The van der Waals surface area contributed by atoms with Crippen molar-refractivity contribution >= 4 is 45.6 Å². The molecule has 2 rings (SSSR count). The SMILES string of the molecule is O=Cc1c(Cl)ncnc1Sc1cccc(Br)c1. The zero-order valence-electron chi connectivity index (χ0n) is 8.43. The van der Waals surface area contributed by atoms with E-state index < -0.39 is 0 Å². The third-order valence-corrected chi connectivity index (χ3v) is 3.73. The number of rotatable bonds is 3. The fourth-order valence-electron chi connectivity index (χ4n) is 1.18. The molecule has 0 aliphatic carbocycles. The summed E-state index contributed by atoms with van der Waals surface area (Å²) < 4.78 is 0.968. The quantitative estimate of drug-likeness (QED) is 0.633. The molecule has 86 valence electrons. The maximum atomic E-state index is 10.9. The van der Waals surface area contributed by atoms with Crippen LogP contribution in [0.25, 0.3) is 0 Å². The summed E-state index contributed by atoms with van der Waals surface area (Å²) >= 11 is 10.6. The van der Waals surface area contributed by atoms with Crippen LogP contribution >= 0.6 is 39.3 Å². The normalized spacial score (nSPS) is 10.2. The molecule has 0 atom stereocenters. The largest absolute Gasteiger partial charge is 0.298 e. The minimum absolute atomic E-state index is 0.174. The molecule has 0 spiro atoms. The van der Waals surface area contributed by atoms with Crippen LogP contribution in [0.1, 0.15) is 10.4 Å². The highest BCUT2D eigenvalue weighted by molar-refractivity contribution is 9.10. The van der Waals surface area contributed by atoms with Crippen molar-refractivity contribution in [1.82, 2.24) is 9.97 Å². The Balaban J connectivity index is 2.36. The Morgan fingerprint density at radius 2 is 2.18 bits per heavy atom. The molecule has 0 bridgehead atoms. The molecular formula is C11H6BrClN2OS. The lowest BCUT2D eigenvalue weighted by Crippen LogP contribution is -1.93. The van der Waals surface area contributed by atoms with Crippen molar-refractivity contribution in [2.24, 2.45) is 0 Å². The van der Waals surface area contributed by atoms with Gasteiger partial charge in [-0.25, -0.2) is 9.97 Å². The maximum absolute atomic E-state index is 10.9. The molecule has 1 heterocycles. The van der Waals surface area contributed by atoms with Crippen molar-refractivity contribution in [3.8, 4) is 0 Å². The standard InChI is InChI=1S/C11H6BrClN2OS/c12-7-2-1-3-8(4-7)17-11-9(5-16)10(13)14-6-15-11/h1-6H. The van der Waals surface area contributed by atoms with Crippen molar-refractivity contribution in [2.45, 2.75) is 9.92 Å². The molecule has 0 fully saturated rings. The van der Waals surface area contributed by atoms with Crippen LogP contribution in [0.5, 0.6) is 0 Å². The Hall–Kier alpha value is -0.910. The third kappa shape index (κ3) is 3.06. The Morgan fingerprint density at radius 3 is 2.88 bits per heavy atom. The highest BCUT2D eigenvalue weighted by atomic mass is 79.9. The van der Waals surface area contributed by atoms with E-state index in [1.54, 1.807) is 0 Å². The van der Waals surface area contributed by atoms with Gasteiger partial charge in [0, 0.05) is 9.37 Å². The van der Waals surface area contributed by atoms with Gasteiger partial charge in [-0.05, 0) is 18.2 Å². The van der Waals surface area contributed by atoms with E-state index in [0.29, 0.717) is 16.9 Å². The van der Waals surface area contributed by atoms with Crippen molar-refractivity contribution in [2.75, 3.05) is 0 Å². The summed E-state index contributed by atoms with van der Waals surface area (Å²) in [6.07, 6.45) is 2.01. The second-order valence-corrected chi connectivity index (χ2v) is 5.40. The summed E-state index contributed by atoms with van der Waals surface area (Å²) in [5.74, 6) is 0. The average molecular weight is 330 g/mol. The molecule has 0 aliphatic heterocycles. The summed E-state index contributed by atoms with van der Waals surface area (Å²) in [4.78, 5) is 19.7. The number of hydrogen-bond donors (Lipinski definition) is 0. The molecule has 0 unspecified atom stereocenters. The first-order valence-electron chi connectivity index (χ1n) is 4.60. The first kappa shape index (κ1) is 12.5. The van der Waals surface area contributed by atoms with Gasteiger partial charge in [0.05, 0.1) is 5.56 Å². The van der Waals surface area contributed by atoms with E-state index in [-0.39, 0.29) is 5.15 Å². The van der Waals surface area contributed by atoms with E-state index in [1.165, 1.54) is 18.1 Å². The number of nitrogens with zero attached hydrogens (tertiary/aromatic N) is 2. The predicted octanol–water partition coefficient (Wildman–Crippen LogP) is 3.86. The Kier molecular flexibility index (Phi) is 4.15. The molecule has 0 N–H and O–H groups in total. The molecule has 0 saturated heterocycles. The first-order chi connectivity index (χ1) is 8.20. The van der Waals surface area contributed by atoms with Gasteiger partial charge in [-0.15, -0.1) is 0 Å². The van der Waals surface area contributed by atoms with Gasteiger partial charge < -0.3 is 0 Å². The Morgan fingerprint density at radius 1 is 1.35 bits per heavy atom. The van der Waals surface area contributed by atoms with E-state index in [2.05, 4.69) is 25.9 Å². The molecule has 2 aromatic rings. The number of aromatic nitrogens is 2. The average Bonchev–Trinajstić information content (AvgIpc) is 2.29. The minimum atomic E-state index is 0.174. The number of carbonyl (C=O) groups is 1. The molecule has 0 saturated carbocycles. The number of hydrogen-bond acceptors (Lipinski definition) is 4. The molecule has 17 heavy (non-hydrogen) atoms. The predicted molar refractivity (Wildman–Crippen MR) is 70.7 cm³/mol. The summed E-state index contributed by atoms with van der Waals surface area (Å²) in [6, 6.07) is 7.71. The van der Waals surface area contributed by atoms with Crippen LogP contribution < -0.4 is 0 Å². The van der Waals surface area contributed by atoms with Crippen molar-refractivity contribution < 1.29 is 4.79 Å². The van der Waals surface area contributed by atoms with E-state index >= 15 is 0 Å². The number of halogens is 2. The van der Waals surface area contributed by atoms with Gasteiger partial charge in [0.1, 0.15) is 16.5 Å². The molecule has 1 aromatic carbocycles. The van der Waals surface area contributed by atoms with Gasteiger partial charge in [0.25, 0.3) is 0 Å². The van der Waals surface area contributed by atoms with Crippen LogP contribution in [0.2, 0.25) is 5.15 Å². The number of benzene rings is 1. The zero-order chi connectivity index (χ0) is 12.3. The first-order valence-corrected chi connectivity index (χ1v) is 6.58. The second-order valence-electron chi connectivity index (χ2n) is 3.06. The summed E-state index contributed by atoms with van der Waals surface area (Å²) in [6.45, 7) is 0. The van der Waals surface area contributed by atoms with Gasteiger partial charge in [-0.1, -0.05) is 45.4 Å². The summed E-state index contributed by atoms with van der Waals surface area (Å²) in [5.41, 5.74) is 0.319. The van der Waals surface area contributed by atoms with Crippen LogP contribution in [0, 0.1) is 0 Å². The highest BCUT2D eigenvalue weighted by Crippen LogP contribution is 2.31. The van der Waals surface area contributed by atoms with E-state index in [9.17, 15) is 4.79 Å². The zero-order valence-corrected chi connectivity index (χ0v) is 11.6. The molecule has 0 radical (unpaired) electrons. The van der Waals surface area contributed by atoms with Crippen molar-refractivity contribution in [1.29, 1.82) is 0 Å². The van der Waals surface area contributed by atoms with E-state index in [0.717, 1.165) is 9.37 Å². The third-order valence-electron chi connectivity index (χ3n) is 1.93. The van der Waals surface area contributed by atoms with Crippen LogP contribution in [0.15, 0.2) is 45.0 Å². The van der Waals surface area contributed by atoms with Gasteiger partial charge in [0.2, 0.25) is 0 Å². The lowest BCUT2D eigenvalue weighted by Gasteiger charge is -2.04. The Bertz CT molecular complexity index is 565. The minimum Gasteiger partial charge on any atom is -0.298 e. The van der Waals surface area contributed by atoms with Crippen LogP contribution in [-0.2, 0) is 0 Å².